The second-order valence-electron chi connectivity index (χ2n) is 4.67. The van der Waals surface area contributed by atoms with Crippen molar-refractivity contribution in [3.63, 3.8) is 0 Å². The Hall–Kier alpha value is -2.11. The molecule has 0 aromatic heterocycles. The van der Waals surface area contributed by atoms with Crippen molar-refractivity contribution in [3.05, 3.63) is 62.7 Å². The van der Waals surface area contributed by atoms with Gasteiger partial charge in [0.1, 0.15) is 11.5 Å². The molecule has 2 rings (SSSR count). The van der Waals surface area contributed by atoms with Gasteiger partial charge in [-0.1, -0.05) is 17.7 Å². The lowest BCUT2D eigenvalue weighted by Gasteiger charge is -2.12. The molecule has 21 heavy (non-hydrogen) atoms. The lowest BCUT2D eigenvalue weighted by molar-refractivity contribution is -0.384. The smallest absolute Gasteiger partial charge is 0.269 e. The number of nitro groups is 1. The standard InChI is InChI=1S/C15H14ClNO4/c1-9-7-12(17(19)20)4-6-14(9)21-15-5-3-11(10(2)18)8-13(15)16/h3-8,10,18H,1-2H3/t10-/m0/s1. The number of nitrogens with zero attached hydrogens (tertiary/aromatic N) is 1. The van der Waals surface area contributed by atoms with Gasteiger partial charge in [-0.3, -0.25) is 10.1 Å². The number of non-ortho nitro benzene ring substituents is 1. The molecule has 0 aliphatic heterocycles. The maximum absolute atomic E-state index is 10.7. The SMILES string of the molecule is Cc1cc([N+](=O)[O-])ccc1Oc1ccc([C@H](C)O)cc1Cl. The minimum absolute atomic E-state index is 0.00963. The van der Waals surface area contributed by atoms with E-state index in [4.69, 9.17) is 16.3 Å². The van der Waals surface area contributed by atoms with E-state index in [2.05, 4.69) is 0 Å². The molecule has 0 saturated heterocycles. The number of hydrogen-bond donors (Lipinski definition) is 1. The summed E-state index contributed by atoms with van der Waals surface area (Å²) in [4.78, 5) is 10.2. The van der Waals surface area contributed by atoms with Crippen LogP contribution in [0.1, 0.15) is 24.2 Å². The first-order valence-corrected chi connectivity index (χ1v) is 6.66. The normalized spacial score (nSPS) is 12.0. The Labute approximate surface area is 126 Å². The number of ether oxygens (including phenoxy) is 1. The predicted octanol–water partition coefficient (Wildman–Crippen LogP) is 4.40. The molecule has 0 bridgehead atoms. The molecule has 2 aromatic rings. The maximum atomic E-state index is 10.7. The highest BCUT2D eigenvalue weighted by molar-refractivity contribution is 6.32. The van der Waals surface area contributed by atoms with Crippen LogP contribution in [0.25, 0.3) is 0 Å². The number of aliphatic hydroxyl groups is 1. The molecule has 0 aliphatic carbocycles. The van der Waals surface area contributed by atoms with Gasteiger partial charge in [0.25, 0.3) is 5.69 Å². The van der Waals surface area contributed by atoms with Gasteiger partial charge in [0.2, 0.25) is 0 Å². The van der Waals surface area contributed by atoms with Crippen molar-refractivity contribution in [1.29, 1.82) is 0 Å². The third-order valence-electron chi connectivity index (χ3n) is 3.03. The summed E-state index contributed by atoms with van der Waals surface area (Å²) in [6, 6.07) is 9.35. The van der Waals surface area contributed by atoms with Crippen LogP contribution in [0, 0.1) is 17.0 Å². The topological polar surface area (TPSA) is 72.6 Å². The van der Waals surface area contributed by atoms with Gasteiger partial charge < -0.3 is 9.84 Å². The number of halogens is 1. The summed E-state index contributed by atoms with van der Waals surface area (Å²) in [7, 11) is 0. The van der Waals surface area contributed by atoms with Gasteiger partial charge in [-0.15, -0.1) is 0 Å². The number of aryl methyl sites for hydroxylation is 1. The average molecular weight is 308 g/mol. The molecule has 110 valence electrons. The zero-order chi connectivity index (χ0) is 15.6. The summed E-state index contributed by atoms with van der Waals surface area (Å²) in [5.41, 5.74) is 1.34. The molecule has 0 saturated carbocycles. The van der Waals surface area contributed by atoms with Crippen LogP contribution >= 0.6 is 11.6 Å². The molecule has 0 spiro atoms. The first kappa shape index (κ1) is 15.3. The molecular weight excluding hydrogens is 294 g/mol. The molecule has 5 nitrogen and oxygen atoms in total. The van der Waals surface area contributed by atoms with E-state index in [1.807, 2.05) is 0 Å². The van der Waals surface area contributed by atoms with Crippen molar-refractivity contribution < 1.29 is 14.8 Å². The van der Waals surface area contributed by atoms with Crippen molar-refractivity contribution in [3.8, 4) is 11.5 Å². The highest BCUT2D eigenvalue weighted by Gasteiger charge is 2.12. The summed E-state index contributed by atoms with van der Waals surface area (Å²) < 4.78 is 5.67. The van der Waals surface area contributed by atoms with E-state index in [-0.39, 0.29) is 5.69 Å². The molecule has 1 N–H and O–H groups in total. The van der Waals surface area contributed by atoms with Crippen LogP contribution in [0.4, 0.5) is 5.69 Å². The fourth-order valence-electron chi connectivity index (χ4n) is 1.84. The third kappa shape index (κ3) is 3.51. The first-order chi connectivity index (χ1) is 9.88. The van der Waals surface area contributed by atoms with Crippen LogP contribution in [-0.4, -0.2) is 10.0 Å². The molecule has 0 heterocycles. The lowest BCUT2D eigenvalue weighted by Crippen LogP contribution is -1.94. The molecule has 0 fully saturated rings. The van der Waals surface area contributed by atoms with Crippen LogP contribution in [0.5, 0.6) is 11.5 Å². The molecule has 0 radical (unpaired) electrons. The predicted molar refractivity (Wildman–Crippen MR) is 80.0 cm³/mol. The van der Waals surface area contributed by atoms with Gasteiger partial charge in [0, 0.05) is 12.1 Å². The van der Waals surface area contributed by atoms with E-state index in [0.717, 1.165) is 0 Å². The number of nitro benzene ring substituents is 1. The quantitative estimate of drug-likeness (QED) is 0.671. The highest BCUT2D eigenvalue weighted by atomic mass is 35.5. The van der Waals surface area contributed by atoms with E-state index in [0.29, 0.717) is 27.6 Å². The molecular formula is C15H14ClNO4. The van der Waals surface area contributed by atoms with Crippen molar-refractivity contribution >= 4 is 17.3 Å². The van der Waals surface area contributed by atoms with Crippen LogP contribution in [0.2, 0.25) is 5.02 Å². The van der Waals surface area contributed by atoms with E-state index < -0.39 is 11.0 Å². The summed E-state index contributed by atoms with van der Waals surface area (Å²) in [5.74, 6) is 0.922. The summed E-state index contributed by atoms with van der Waals surface area (Å²) >= 11 is 6.11. The van der Waals surface area contributed by atoms with Crippen LogP contribution in [0.3, 0.4) is 0 Å². The number of rotatable bonds is 4. The number of benzene rings is 2. The van der Waals surface area contributed by atoms with Gasteiger partial charge in [-0.05, 0) is 43.2 Å². The van der Waals surface area contributed by atoms with Gasteiger partial charge in [0.05, 0.1) is 16.0 Å². The molecule has 1 atom stereocenters. The maximum Gasteiger partial charge on any atom is 0.269 e. The second kappa shape index (κ2) is 6.11. The van der Waals surface area contributed by atoms with Crippen molar-refractivity contribution in [1.82, 2.24) is 0 Å². The Morgan fingerprint density at radius 2 is 1.90 bits per heavy atom. The average Bonchev–Trinajstić information content (AvgIpc) is 2.42. The summed E-state index contributed by atoms with van der Waals surface area (Å²) in [6.45, 7) is 3.37. The van der Waals surface area contributed by atoms with E-state index in [1.165, 1.54) is 18.2 Å². The summed E-state index contributed by atoms with van der Waals surface area (Å²) in [5, 5.41) is 20.6. The second-order valence-corrected chi connectivity index (χ2v) is 5.08. The van der Waals surface area contributed by atoms with E-state index in [1.54, 1.807) is 32.0 Å². The fourth-order valence-corrected chi connectivity index (χ4v) is 2.07. The Morgan fingerprint density at radius 1 is 1.24 bits per heavy atom. The zero-order valence-corrected chi connectivity index (χ0v) is 12.3. The number of aliphatic hydroxyl groups excluding tert-OH is 1. The van der Waals surface area contributed by atoms with Crippen LogP contribution in [0.15, 0.2) is 36.4 Å². The van der Waals surface area contributed by atoms with Crippen LogP contribution in [-0.2, 0) is 0 Å². The molecule has 0 amide bonds. The van der Waals surface area contributed by atoms with Gasteiger partial charge in [-0.2, -0.15) is 0 Å². The van der Waals surface area contributed by atoms with Gasteiger partial charge in [0.15, 0.2) is 0 Å². The Kier molecular flexibility index (Phi) is 4.45. The van der Waals surface area contributed by atoms with Crippen LogP contribution < -0.4 is 4.74 Å². The van der Waals surface area contributed by atoms with Gasteiger partial charge in [-0.25, -0.2) is 0 Å². The molecule has 2 aromatic carbocycles. The minimum Gasteiger partial charge on any atom is -0.456 e. The minimum atomic E-state index is -0.613. The Balaban J connectivity index is 2.28. The monoisotopic (exact) mass is 307 g/mol. The third-order valence-corrected chi connectivity index (χ3v) is 3.32. The van der Waals surface area contributed by atoms with Crippen molar-refractivity contribution in [2.75, 3.05) is 0 Å². The largest absolute Gasteiger partial charge is 0.456 e. The van der Waals surface area contributed by atoms with E-state index in [9.17, 15) is 15.2 Å². The van der Waals surface area contributed by atoms with E-state index >= 15 is 0 Å². The molecule has 6 heteroatoms. The van der Waals surface area contributed by atoms with Crippen molar-refractivity contribution in [2.45, 2.75) is 20.0 Å². The highest BCUT2D eigenvalue weighted by Crippen LogP contribution is 2.34. The zero-order valence-electron chi connectivity index (χ0n) is 11.5. The fraction of sp³-hybridized carbons (Fsp3) is 0.200. The molecule has 0 aliphatic rings. The molecule has 0 unspecified atom stereocenters. The Bertz CT molecular complexity index is 685. The summed E-state index contributed by atoms with van der Waals surface area (Å²) in [6.07, 6.45) is -0.613. The van der Waals surface area contributed by atoms with Gasteiger partial charge >= 0.3 is 0 Å². The number of hydrogen-bond acceptors (Lipinski definition) is 4. The Morgan fingerprint density at radius 3 is 2.43 bits per heavy atom. The lowest BCUT2D eigenvalue weighted by atomic mass is 10.1. The first-order valence-electron chi connectivity index (χ1n) is 6.29. The van der Waals surface area contributed by atoms with Crippen molar-refractivity contribution in [2.24, 2.45) is 0 Å².